The van der Waals surface area contributed by atoms with Crippen molar-refractivity contribution in [1.29, 1.82) is 0 Å². The van der Waals surface area contributed by atoms with Crippen LogP contribution in [0.4, 0.5) is 8.78 Å². The SMILES string of the molecule is CC(C)C(=O)CCC(F)(F)P.CCCC(P)(CCC)c1ccnc(Cl)c1. The summed E-state index contributed by atoms with van der Waals surface area (Å²) in [5, 5.41) is 0.766. The van der Waals surface area contributed by atoms with Crippen molar-refractivity contribution < 1.29 is 13.6 Å². The Balaban J connectivity index is 0.000000508. The molecule has 0 spiro atoms. The van der Waals surface area contributed by atoms with Crippen LogP contribution < -0.4 is 0 Å². The minimum absolute atomic E-state index is 0.0336. The molecular weight excluding hydrogens is 394 g/mol. The van der Waals surface area contributed by atoms with Gasteiger partial charge in [0.1, 0.15) is 10.9 Å². The number of nitrogens with zero attached hydrogens (tertiary/aromatic N) is 1. The highest BCUT2D eigenvalue weighted by atomic mass is 35.5. The van der Waals surface area contributed by atoms with Crippen molar-refractivity contribution in [2.45, 2.75) is 77.0 Å². The molecule has 0 aliphatic rings. The van der Waals surface area contributed by atoms with E-state index in [9.17, 15) is 13.6 Å². The Labute approximate surface area is 166 Å². The summed E-state index contributed by atoms with van der Waals surface area (Å²) >= 11 is 5.93. The first-order chi connectivity index (χ1) is 11.9. The second kappa shape index (κ2) is 12.3. The predicted octanol–water partition coefficient (Wildman–Crippen LogP) is 6.87. The number of pyridine rings is 1. The normalized spacial score (nSPS) is 11.9. The number of aromatic nitrogens is 1. The van der Waals surface area contributed by atoms with Crippen LogP contribution in [0.1, 0.15) is 71.8 Å². The molecule has 0 bridgehead atoms. The van der Waals surface area contributed by atoms with Gasteiger partial charge in [-0.05, 0) is 30.5 Å². The molecular formula is C19H32ClF2NOP2. The Bertz CT molecular complexity index is 545. The number of halogens is 3. The number of ketones is 1. The fourth-order valence-corrected chi connectivity index (χ4v) is 3.67. The van der Waals surface area contributed by atoms with Gasteiger partial charge in [0.2, 0.25) is 0 Å². The Hall–Kier alpha value is -0.170. The second-order valence-corrected chi connectivity index (χ2v) is 9.24. The molecule has 0 fully saturated rings. The molecule has 1 rings (SSSR count). The lowest BCUT2D eigenvalue weighted by atomic mass is 9.90. The van der Waals surface area contributed by atoms with E-state index < -0.39 is 5.66 Å². The van der Waals surface area contributed by atoms with E-state index in [0.717, 1.165) is 0 Å². The van der Waals surface area contributed by atoms with Crippen molar-refractivity contribution >= 4 is 35.9 Å². The lowest BCUT2D eigenvalue weighted by molar-refractivity contribution is -0.122. The minimum atomic E-state index is -2.79. The second-order valence-electron chi connectivity index (χ2n) is 6.91. The highest BCUT2D eigenvalue weighted by Crippen LogP contribution is 2.41. The summed E-state index contributed by atoms with van der Waals surface area (Å²) in [5.41, 5.74) is -1.50. The third-order valence-electron chi connectivity index (χ3n) is 4.04. The highest BCUT2D eigenvalue weighted by molar-refractivity contribution is 7.18. The maximum absolute atomic E-state index is 12.2. The fourth-order valence-electron chi connectivity index (χ4n) is 2.60. The van der Waals surface area contributed by atoms with Gasteiger partial charge in [0, 0.05) is 30.1 Å². The first-order valence-corrected chi connectivity index (χ1v) is 10.6. The number of rotatable bonds is 9. The molecule has 2 atom stereocenters. The van der Waals surface area contributed by atoms with E-state index in [-0.39, 0.29) is 29.7 Å². The van der Waals surface area contributed by atoms with Crippen molar-refractivity contribution in [3.8, 4) is 0 Å². The van der Waals surface area contributed by atoms with Crippen LogP contribution >= 0.6 is 30.1 Å². The summed E-state index contributed by atoms with van der Waals surface area (Å²) in [6.45, 7) is 7.86. The largest absolute Gasteiger partial charge is 0.299 e. The summed E-state index contributed by atoms with van der Waals surface area (Å²) in [6.07, 6.45) is 6.11. The number of carbonyl (C=O) groups excluding carboxylic acids is 1. The maximum Gasteiger partial charge on any atom is 0.259 e. The molecule has 2 unspecified atom stereocenters. The summed E-state index contributed by atoms with van der Waals surface area (Å²) < 4.78 is 24.3. The van der Waals surface area contributed by atoms with Crippen LogP contribution in [0.2, 0.25) is 5.15 Å². The van der Waals surface area contributed by atoms with Gasteiger partial charge in [0.15, 0.2) is 0 Å². The van der Waals surface area contributed by atoms with E-state index in [4.69, 9.17) is 11.6 Å². The minimum Gasteiger partial charge on any atom is -0.299 e. The summed E-state index contributed by atoms with van der Waals surface area (Å²) in [4.78, 5) is 14.9. The van der Waals surface area contributed by atoms with E-state index in [1.54, 1.807) is 20.0 Å². The van der Waals surface area contributed by atoms with Gasteiger partial charge in [0.25, 0.3) is 5.66 Å². The Kier molecular flexibility index (Phi) is 12.2. The predicted molar refractivity (Wildman–Crippen MR) is 114 cm³/mol. The third kappa shape index (κ3) is 10.9. The molecule has 150 valence electrons. The lowest BCUT2D eigenvalue weighted by Crippen LogP contribution is -2.17. The van der Waals surface area contributed by atoms with E-state index in [2.05, 4.69) is 34.1 Å². The number of hydrogen-bond donors (Lipinski definition) is 0. The van der Waals surface area contributed by atoms with Gasteiger partial charge in [-0.25, -0.2) is 13.8 Å². The van der Waals surface area contributed by atoms with Crippen LogP contribution in [0.3, 0.4) is 0 Å². The van der Waals surface area contributed by atoms with Crippen molar-refractivity contribution in [1.82, 2.24) is 4.98 Å². The van der Waals surface area contributed by atoms with Crippen LogP contribution in [0.15, 0.2) is 18.3 Å². The topological polar surface area (TPSA) is 30.0 Å². The molecule has 0 saturated heterocycles. The molecule has 7 heteroatoms. The summed E-state index contributed by atoms with van der Waals surface area (Å²) in [5.74, 6) is -0.241. The van der Waals surface area contributed by atoms with E-state index in [1.165, 1.54) is 40.5 Å². The third-order valence-corrected chi connectivity index (χ3v) is 5.45. The molecule has 0 amide bonds. The zero-order valence-corrected chi connectivity index (χ0v) is 19.3. The first-order valence-electron chi connectivity index (χ1n) is 9.05. The molecule has 2 nitrogen and oxygen atoms in total. The monoisotopic (exact) mass is 425 g/mol. The van der Waals surface area contributed by atoms with Crippen LogP contribution in [-0.4, -0.2) is 16.4 Å². The van der Waals surface area contributed by atoms with Crippen LogP contribution in [0, 0.1) is 5.92 Å². The van der Waals surface area contributed by atoms with Gasteiger partial charge in [0.05, 0.1) is 0 Å². The smallest absolute Gasteiger partial charge is 0.259 e. The number of alkyl halides is 2. The number of hydrogen-bond acceptors (Lipinski definition) is 2. The van der Waals surface area contributed by atoms with Crippen LogP contribution in [0.5, 0.6) is 0 Å². The van der Waals surface area contributed by atoms with Crippen molar-refractivity contribution in [3.63, 3.8) is 0 Å². The first kappa shape index (κ1) is 25.8. The fraction of sp³-hybridized carbons (Fsp3) is 0.684. The Morgan fingerprint density at radius 3 is 2.12 bits per heavy atom. The van der Waals surface area contributed by atoms with Crippen molar-refractivity contribution in [2.24, 2.45) is 5.92 Å². The maximum atomic E-state index is 12.2. The summed E-state index contributed by atoms with van der Waals surface area (Å²) in [6, 6.07) is 4.06. The van der Waals surface area contributed by atoms with Crippen molar-refractivity contribution in [2.75, 3.05) is 0 Å². The van der Waals surface area contributed by atoms with Crippen molar-refractivity contribution in [3.05, 3.63) is 29.0 Å². The summed E-state index contributed by atoms with van der Waals surface area (Å²) in [7, 11) is 4.44. The zero-order valence-electron chi connectivity index (χ0n) is 16.2. The van der Waals surface area contributed by atoms with Gasteiger partial charge in [-0.2, -0.15) is 0 Å². The zero-order chi connectivity index (χ0) is 20.4. The van der Waals surface area contributed by atoms with Gasteiger partial charge < -0.3 is 0 Å². The molecule has 0 aliphatic heterocycles. The van der Waals surface area contributed by atoms with E-state index >= 15 is 0 Å². The molecule has 0 N–H and O–H groups in total. The van der Waals surface area contributed by atoms with Gasteiger partial charge in [-0.15, -0.1) is 9.24 Å². The molecule has 1 heterocycles. The molecule has 0 aliphatic carbocycles. The molecule has 1 aromatic rings. The molecule has 1 aromatic heterocycles. The average Bonchev–Trinajstić information content (AvgIpc) is 2.53. The van der Waals surface area contributed by atoms with Gasteiger partial charge in [-0.1, -0.05) is 61.4 Å². The Morgan fingerprint density at radius 1 is 1.19 bits per heavy atom. The van der Waals surface area contributed by atoms with E-state index in [1.807, 2.05) is 6.07 Å². The number of Topliss-reactive ketones (excluding diaryl/α,β-unsaturated/α-hetero) is 1. The van der Waals surface area contributed by atoms with Crippen LogP contribution in [0.25, 0.3) is 0 Å². The Morgan fingerprint density at radius 2 is 1.73 bits per heavy atom. The highest BCUT2D eigenvalue weighted by Gasteiger charge is 2.25. The van der Waals surface area contributed by atoms with Gasteiger partial charge in [-0.3, -0.25) is 4.79 Å². The van der Waals surface area contributed by atoms with Crippen LogP contribution in [-0.2, 0) is 9.95 Å². The van der Waals surface area contributed by atoms with E-state index in [0.29, 0.717) is 5.15 Å². The number of carbonyl (C=O) groups is 1. The quantitative estimate of drug-likeness (QED) is 0.319. The standard InChI is InChI=1S/C12H19ClNP.C7H13F2OP/c1-3-6-12(15,7-4-2)10-5-8-14-11(13)9-10;1-5(2)6(10)3-4-7(8,9)11/h5,8-9H,3-4,6-7,15H2,1-2H3;5H,3-4,11H2,1-2H3. The molecule has 26 heavy (non-hydrogen) atoms. The average molecular weight is 426 g/mol. The lowest BCUT2D eigenvalue weighted by Gasteiger charge is -2.29. The molecule has 0 aromatic carbocycles. The molecule has 0 radical (unpaired) electrons. The molecule has 0 saturated carbocycles. The van der Waals surface area contributed by atoms with Gasteiger partial charge >= 0.3 is 0 Å².